The van der Waals surface area contributed by atoms with Crippen LogP contribution in [-0.4, -0.2) is 20.1 Å². The van der Waals surface area contributed by atoms with Crippen LogP contribution in [0.15, 0.2) is 65.8 Å². The highest BCUT2D eigenvalue weighted by atomic mass is 32.2. The second kappa shape index (κ2) is 8.73. The first-order chi connectivity index (χ1) is 15.6. The maximum absolute atomic E-state index is 9.85. The molecule has 5 nitrogen and oxygen atoms in total. The van der Waals surface area contributed by atoms with Crippen LogP contribution in [0.4, 0.5) is 0 Å². The smallest absolute Gasteiger partial charge is 0.227 e. The molecule has 6 heteroatoms. The van der Waals surface area contributed by atoms with E-state index in [9.17, 15) is 5.11 Å². The van der Waals surface area contributed by atoms with Gasteiger partial charge in [0.15, 0.2) is 11.6 Å². The minimum atomic E-state index is -0.0804. The van der Waals surface area contributed by atoms with Crippen LogP contribution in [0.3, 0.4) is 0 Å². The Hall–Kier alpha value is -3.22. The standard InChI is InChI=1S/C26H23N3O2S/c1-16-8-6-7-11-20(16)24-28-25-22(26(29-24)32-15-18-9-4-3-5-10-18)12-21-19(14-30)13-27-17(2)23(21)31-25/h3-11,13,30H,12,14-15H2,1-2H3. The van der Waals surface area contributed by atoms with E-state index in [1.165, 1.54) is 5.56 Å². The van der Waals surface area contributed by atoms with Crippen LogP contribution in [0.1, 0.15) is 33.5 Å². The molecule has 1 aliphatic heterocycles. The van der Waals surface area contributed by atoms with E-state index in [1.807, 2.05) is 43.3 Å². The molecule has 5 rings (SSSR count). The van der Waals surface area contributed by atoms with Gasteiger partial charge in [-0.2, -0.15) is 4.98 Å². The zero-order chi connectivity index (χ0) is 22.1. The first-order valence-corrected chi connectivity index (χ1v) is 11.5. The number of thioether (sulfide) groups is 1. The van der Waals surface area contributed by atoms with Crippen molar-refractivity contribution in [3.8, 4) is 23.0 Å². The van der Waals surface area contributed by atoms with Crippen LogP contribution in [0.5, 0.6) is 11.6 Å². The number of fused-ring (bicyclic) bond motifs is 2. The van der Waals surface area contributed by atoms with Crippen LogP contribution >= 0.6 is 11.8 Å². The number of aliphatic hydroxyl groups is 1. The molecule has 2 aromatic heterocycles. The van der Waals surface area contributed by atoms with Crippen molar-refractivity contribution in [1.29, 1.82) is 0 Å². The monoisotopic (exact) mass is 441 g/mol. The fourth-order valence-electron chi connectivity index (χ4n) is 3.88. The highest BCUT2D eigenvalue weighted by molar-refractivity contribution is 7.98. The first-order valence-electron chi connectivity index (χ1n) is 10.5. The summed E-state index contributed by atoms with van der Waals surface area (Å²) in [6.07, 6.45) is 2.33. The van der Waals surface area contributed by atoms with Gasteiger partial charge in [-0.05, 0) is 25.0 Å². The topological polar surface area (TPSA) is 68.1 Å². The Kier molecular flexibility index (Phi) is 5.64. The predicted octanol–water partition coefficient (Wildman–Crippen LogP) is 5.64. The molecule has 0 spiro atoms. The molecule has 1 N–H and O–H groups in total. The van der Waals surface area contributed by atoms with Gasteiger partial charge < -0.3 is 9.84 Å². The average molecular weight is 442 g/mol. The molecule has 0 fully saturated rings. The number of nitrogens with zero attached hydrogens (tertiary/aromatic N) is 3. The number of benzene rings is 2. The van der Waals surface area contributed by atoms with E-state index in [0.717, 1.165) is 44.3 Å². The fraction of sp³-hybridized carbons (Fsp3) is 0.192. The molecule has 0 saturated heterocycles. The Labute approximate surface area is 191 Å². The molecule has 0 unspecified atom stereocenters. The zero-order valence-electron chi connectivity index (χ0n) is 18.0. The van der Waals surface area contributed by atoms with Crippen molar-refractivity contribution < 1.29 is 9.84 Å². The Morgan fingerprint density at radius 1 is 0.969 bits per heavy atom. The largest absolute Gasteiger partial charge is 0.436 e. The van der Waals surface area contributed by atoms with Crippen molar-refractivity contribution >= 4 is 11.8 Å². The molecule has 3 heterocycles. The van der Waals surface area contributed by atoms with Gasteiger partial charge in [-0.15, -0.1) is 11.8 Å². The number of aliphatic hydroxyl groups excluding tert-OH is 1. The lowest BCUT2D eigenvalue weighted by Crippen LogP contribution is -2.13. The summed E-state index contributed by atoms with van der Waals surface area (Å²) in [6.45, 7) is 3.90. The minimum Gasteiger partial charge on any atom is -0.436 e. The number of hydrogen-bond acceptors (Lipinski definition) is 6. The number of hydrogen-bond donors (Lipinski definition) is 1. The average Bonchev–Trinajstić information content (AvgIpc) is 2.83. The van der Waals surface area contributed by atoms with Crippen LogP contribution in [-0.2, 0) is 18.8 Å². The second-order valence-corrected chi connectivity index (χ2v) is 8.80. The van der Waals surface area contributed by atoms with E-state index < -0.39 is 0 Å². The lowest BCUT2D eigenvalue weighted by Gasteiger charge is -2.24. The Bertz CT molecular complexity index is 1290. The molecule has 2 aromatic carbocycles. The molecular formula is C26H23N3O2S. The van der Waals surface area contributed by atoms with E-state index in [1.54, 1.807) is 18.0 Å². The molecule has 0 aliphatic carbocycles. The normalized spacial score (nSPS) is 12.1. The number of aryl methyl sites for hydroxylation is 2. The maximum atomic E-state index is 9.85. The number of rotatable bonds is 5. The van der Waals surface area contributed by atoms with Crippen LogP contribution in [0.2, 0.25) is 0 Å². The van der Waals surface area contributed by atoms with Gasteiger partial charge in [0.05, 0.1) is 17.9 Å². The molecule has 0 bridgehead atoms. The summed E-state index contributed by atoms with van der Waals surface area (Å²) in [5.74, 6) is 2.72. The number of ether oxygens (including phenoxy) is 1. The highest BCUT2D eigenvalue weighted by Crippen LogP contribution is 2.43. The van der Waals surface area contributed by atoms with Crippen molar-refractivity contribution in [3.63, 3.8) is 0 Å². The molecule has 0 atom stereocenters. The summed E-state index contributed by atoms with van der Waals surface area (Å²) in [5, 5.41) is 10.7. The lowest BCUT2D eigenvalue weighted by molar-refractivity contribution is 0.278. The Morgan fingerprint density at radius 3 is 2.53 bits per heavy atom. The zero-order valence-corrected chi connectivity index (χ0v) is 18.8. The molecule has 1 aliphatic rings. The van der Waals surface area contributed by atoms with Crippen molar-refractivity contribution in [2.75, 3.05) is 0 Å². The predicted molar refractivity (Wildman–Crippen MR) is 126 cm³/mol. The van der Waals surface area contributed by atoms with Gasteiger partial charge in [0.1, 0.15) is 5.03 Å². The van der Waals surface area contributed by atoms with E-state index in [0.29, 0.717) is 23.9 Å². The van der Waals surface area contributed by atoms with Gasteiger partial charge in [0, 0.05) is 35.1 Å². The van der Waals surface area contributed by atoms with Gasteiger partial charge in [0.25, 0.3) is 0 Å². The van der Waals surface area contributed by atoms with Crippen molar-refractivity contribution in [2.45, 2.75) is 37.7 Å². The van der Waals surface area contributed by atoms with Crippen molar-refractivity contribution in [1.82, 2.24) is 15.0 Å². The van der Waals surface area contributed by atoms with Crippen molar-refractivity contribution in [2.24, 2.45) is 0 Å². The Balaban J connectivity index is 1.62. The van der Waals surface area contributed by atoms with Crippen LogP contribution in [0, 0.1) is 13.8 Å². The fourth-order valence-corrected chi connectivity index (χ4v) is 4.86. The van der Waals surface area contributed by atoms with E-state index in [2.05, 4.69) is 30.1 Å². The SMILES string of the molecule is Cc1ccccc1-c1nc2c(c(SCc3ccccc3)n1)Cc1c(CO)cnc(C)c1O2. The number of pyridine rings is 1. The third-order valence-corrected chi connectivity index (χ3v) is 6.75. The first kappa shape index (κ1) is 20.7. The third-order valence-electron chi connectivity index (χ3n) is 5.66. The van der Waals surface area contributed by atoms with E-state index in [-0.39, 0.29) is 6.61 Å². The Morgan fingerprint density at radius 2 is 1.75 bits per heavy atom. The summed E-state index contributed by atoms with van der Waals surface area (Å²) in [6, 6.07) is 18.5. The number of aromatic nitrogens is 3. The minimum absolute atomic E-state index is 0.0804. The summed E-state index contributed by atoms with van der Waals surface area (Å²) in [4.78, 5) is 14.2. The molecule has 0 radical (unpaired) electrons. The molecule has 0 saturated carbocycles. The van der Waals surface area contributed by atoms with Gasteiger partial charge in [-0.25, -0.2) is 4.98 Å². The highest BCUT2D eigenvalue weighted by Gasteiger charge is 2.28. The van der Waals surface area contributed by atoms with Crippen molar-refractivity contribution in [3.05, 3.63) is 94.3 Å². The maximum Gasteiger partial charge on any atom is 0.227 e. The van der Waals surface area contributed by atoms with Gasteiger partial charge >= 0.3 is 0 Å². The van der Waals surface area contributed by atoms with Crippen LogP contribution in [0.25, 0.3) is 11.4 Å². The molecule has 160 valence electrons. The molecular weight excluding hydrogens is 418 g/mol. The molecule has 0 amide bonds. The van der Waals surface area contributed by atoms with E-state index in [4.69, 9.17) is 14.7 Å². The summed E-state index contributed by atoms with van der Waals surface area (Å²) in [7, 11) is 0. The van der Waals surface area contributed by atoms with Crippen LogP contribution < -0.4 is 4.74 Å². The van der Waals surface area contributed by atoms with Gasteiger partial charge in [-0.1, -0.05) is 54.6 Å². The summed E-state index contributed by atoms with van der Waals surface area (Å²) >= 11 is 1.69. The summed E-state index contributed by atoms with van der Waals surface area (Å²) < 4.78 is 6.31. The van der Waals surface area contributed by atoms with Gasteiger partial charge in [-0.3, -0.25) is 4.98 Å². The third kappa shape index (κ3) is 3.87. The second-order valence-electron chi connectivity index (χ2n) is 7.84. The quantitative estimate of drug-likeness (QED) is 0.281. The van der Waals surface area contributed by atoms with E-state index >= 15 is 0 Å². The molecule has 32 heavy (non-hydrogen) atoms. The van der Waals surface area contributed by atoms with Gasteiger partial charge in [0.2, 0.25) is 5.88 Å². The molecule has 4 aromatic rings. The summed E-state index contributed by atoms with van der Waals surface area (Å²) in [5.41, 5.74) is 6.82. The lowest BCUT2D eigenvalue weighted by atomic mass is 9.99.